The Morgan fingerprint density at radius 2 is 2.05 bits per heavy atom. The van der Waals surface area contributed by atoms with E-state index >= 15 is 0 Å². The molecule has 0 radical (unpaired) electrons. The molecule has 1 aliphatic heterocycles. The van der Waals surface area contributed by atoms with Gasteiger partial charge in [-0.25, -0.2) is 0 Å². The summed E-state index contributed by atoms with van der Waals surface area (Å²) in [4.78, 5) is 6.66. The zero-order valence-electron chi connectivity index (χ0n) is 12.0. The van der Waals surface area contributed by atoms with Crippen LogP contribution in [0.15, 0.2) is 24.4 Å². The summed E-state index contributed by atoms with van der Waals surface area (Å²) in [6, 6.07) is 7.93. The topological polar surface area (TPSA) is 60.2 Å². The monoisotopic (exact) mass is 281 g/mol. The number of piperidine rings is 1. The molecule has 0 bridgehead atoms. The summed E-state index contributed by atoms with van der Waals surface area (Å²) in [6.45, 7) is 2.89. The maximum atomic E-state index is 10.5. The molecule has 3 rings (SSSR count). The molecule has 0 unspecified atom stereocenters. The molecule has 4 heteroatoms. The highest BCUT2D eigenvalue weighted by Gasteiger charge is 2.16. The first-order valence-corrected chi connectivity index (χ1v) is 7.47. The molecule has 0 aliphatic carbocycles. The largest absolute Gasteiger partial charge is 0.505 e. The molecule has 0 saturated carbocycles. The Hall–Kier alpha value is -2.12. The molecule has 1 fully saturated rings. The van der Waals surface area contributed by atoms with Gasteiger partial charge in [-0.15, -0.1) is 0 Å². The predicted molar refractivity (Wildman–Crippen MR) is 81.9 cm³/mol. The molecule has 21 heavy (non-hydrogen) atoms. The van der Waals surface area contributed by atoms with Gasteiger partial charge >= 0.3 is 0 Å². The number of fused-ring (bicyclic) bond motifs is 1. The van der Waals surface area contributed by atoms with Crippen LogP contribution >= 0.6 is 0 Å². The van der Waals surface area contributed by atoms with Gasteiger partial charge in [0.2, 0.25) is 0 Å². The molecule has 0 atom stereocenters. The molecular weight excluding hydrogens is 262 g/mol. The molecule has 0 spiro atoms. The fourth-order valence-electron chi connectivity index (χ4n) is 3.07. The van der Waals surface area contributed by atoms with E-state index < -0.39 is 0 Å². The zero-order chi connectivity index (χ0) is 14.7. The SMILES string of the molecule is N#CCc1cc(CN2CCCCC2)c(O)c2ncccc12. The average Bonchev–Trinajstić information content (AvgIpc) is 2.53. The second kappa shape index (κ2) is 6.11. The van der Waals surface area contributed by atoms with E-state index in [0.717, 1.165) is 36.1 Å². The molecule has 108 valence electrons. The van der Waals surface area contributed by atoms with Crippen molar-refractivity contribution in [3.8, 4) is 11.8 Å². The van der Waals surface area contributed by atoms with Crippen molar-refractivity contribution in [2.24, 2.45) is 0 Å². The first kappa shape index (κ1) is 13.8. The molecular formula is C17H19N3O. The summed E-state index contributed by atoms with van der Waals surface area (Å²) in [5, 5.41) is 20.4. The first-order valence-electron chi connectivity index (χ1n) is 7.47. The molecule has 1 saturated heterocycles. The minimum Gasteiger partial charge on any atom is -0.505 e. The standard InChI is InChI=1S/C17H19N3O/c18-7-6-13-11-14(12-20-9-2-1-3-10-20)17(21)16-15(13)5-4-8-19-16/h4-5,8,11,21H,1-3,6,9-10,12H2. The number of hydrogen-bond acceptors (Lipinski definition) is 4. The van der Waals surface area contributed by atoms with Crippen LogP contribution in [0.1, 0.15) is 30.4 Å². The quantitative estimate of drug-likeness (QED) is 0.939. The van der Waals surface area contributed by atoms with Gasteiger partial charge < -0.3 is 5.11 Å². The van der Waals surface area contributed by atoms with Crippen LogP contribution in [0.3, 0.4) is 0 Å². The Bertz CT molecular complexity index is 684. The normalized spacial score (nSPS) is 16.0. The van der Waals surface area contributed by atoms with Crippen LogP contribution in [0.5, 0.6) is 5.75 Å². The number of phenolic OH excluding ortho intramolecular Hbond substituents is 1. The lowest BCUT2D eigenvalue weighted by atomic mass is 10.00. The van der Waals surface area contributed by atoms with Gasteiger partial charge in [-0.05, 0) is 43.6 Å². The summed E-state index contributed by atoms with van der Waals surface area (Å²) in [6.07, 6.45) is 5.76. The number of hydrogen-bond donors (Lipinski definition) is 1. The number of pyridine rings is 1. The molecule has 2 aromatic rings. The molecule has 1 aliphatic rings. The summed E-state index contributed by atoms with van der Waals surface area (Å²) in [5.74, 6) is 0.262. The van der Waals surface area contributed by atoms with Gasteiger partial charge in [-0.3, -0.25) is 9.88 Å². The third kappa shape index (κ3) is 2.84. The highest BCUT2D eigenvalue weighted by atomic mass is 16.3. The third-order valence-corrected chi connectivity index (χ3v) is 4.14. The Morgan fingerprint density at radius 3 is 2.81 bits per heavy atom. The van der Waals surface area contributed by atoms with Crippen molar-refractivity contribution in [3.63, 3.8) is 0 Å². The molecule has 1 aromatic heterocycles. The van der Waals surface area contributed by atoms with Crippen molar-refractivity contribution in [2.45, 2.75) is 32.2 Å². The number of benzene rings is 1. The van der Waals surface area contributed by atoms with E-state index in [1.807, 2.05) is 18.2 Å². The third-order valence-electron chi connectivity index (χ3n) is 4.14. The van der Waals surface area contributed by atoms with Gasteiger partial charge in [0.1, 0.15) is 11.3 Å². The molecule has 0 amide bonds. The van der Waals surface area contributed by atoms with Crippen molar-refractivity contribution >= 4 is 10.9 Å². The second-order valence-corrected chi connectivity index (χ2v) is 5.61. The number of aromatic hydroxyl groups is 1. The number of likely N-dealkylation sites (tertiary alicyclic amines) is 1. The lowest BCUT2D eigenvalue weighted by Crippen LogP contribution is -2.29. The predicted octanol–water partition coefficient (Wildman–Crippen LogP) is 2.99. The number of phenols is 1. The maximum Gasteiger partial charge on any atom is 0.146 e. The van der Waals surface area contributed by atoms with Crippen molar-refractivity contribution in [1.29, 1.82) is 5.26 Å². The molecule has 1 aromatic carbocycles. The van der Waals surface area contributed by atoms with Crippen LogP contribution in [0, 0.1) is 11.3 Å². The van der Waals surface area contributed by atoms with Crippen molar-refractivity contribution in [3.05, 3.63) is 35.5 Å². The van der Waals surface area contributed by atoms with Gasteiger partial charge in [-0.1, -0.05) is 12.5 Å². The second-order valence-electron chi connectivity index (χ2n) is 5.61. The number of nitrogens with zero attached hydrogens (tertiary/aromatic N) is 3. The molecule has 2 heterocycles. The van der Waals surface area contributed by atoms with E-state index in [1.54, 1.807) is 6.20 Å². The molecule has 1 N–H and O–H groups in total. The fraction of sp³-hybridized carbons (Fsp3) is 0.412. The Kier molecular flexibility index (Phi) is 4.03. The van der Waals surface area contributed by atoms with Gasteiger partial charge in [0.05, 0.1) is 12.5 Å². The minimum atomic E-state index is 0.262. The van der Waals surface area contributed by atoms with E-state index in [-0.39, 0.29) is 5.75 Å². The first-order chi connectivity index (χ1) is 10.3. The summed E-state index contributed by atoms with van der Waals surface area (Å²) < 4.78 is 0. The van der Waals surface area contributed by atoms with Gasteiger partial charge in [-0.2, -0.15) is 5.26 Å². The van der Waals surface area contributed by atoms with Crippen LogP contribution in [-0.4, -0.2) is 28.1 Å². The highest BCUT2D eigenvalue weighted by molar-refractivity contribution is 5.88. The van der Waals surface area contributed by atoms with E-state index in [4.69, 9.17) is 5.26 Å². The summed E-state index contributed by atoms with van der Waals surface area (Å²) >= 11 is 0. The van der Waals surface area contributed by atoms with Crippen molar-refractivity contribution in [1.82, 2.24) is 9.88 Å². The van der Waals surface area contributed by atoms with Crippen LogP contribution in [0.4, 0.5) is 0 Å². The van der Waals surface area contributed by atoms with E-state index in [2.05, 4.69) is 16.0 Å². The lowest BCUT2D eigenvalue weighted by Gasteiger charge is -2.27. The van der Waals surface area contributed by atoms with Gasteiger partial charge in [0, 0.05) is 23.7 Å². The van der Waals surface area contributed by atoms with Gasteiger partial charge in [0.25, 0.3) is 0 Å². The Morgan fingerprint density at radius 1 is 1.24 bits per heavy atom. The number of aromatic nitrogens is 1. The van der Waals surface area contributed by atoms with Crippen molar-refractivity contribution < 1.29 is 5.11 Å². The summed E-state index contributed by atoms with van der Waals surface area (Å²) in [7, 11) is 0. The van der Waals surface area contributed by atoms with Gasteiger partial charge in [0.15, 0.2) is 0 Å². The lowest BCUT2D eigenvalue weighted by molar-refractivity contribution is 0.218. The Labute approximate surface area is 124 Å². The number of rotatable bonds is 3. The Balaban J connectivity index is 2.01. The highest BCUT2D eigenvalue weighted by Crippen LogP contribution is 2.31. The van der Waals surface area contributed by atoms with Crippen molar-refractivity contribution in [2.75, 3.05) is 13.1 Å². The van der Waals surface area contributed by atoms with Crippen LogP contribution in [-0.2, 0) is 13.0 Å². The average molecular weight is 281 g/mol. The van der Waals surface area contributed by atoms with Crippen LogP contribution < -0.4 is 0 Å². The summed E-state index contributed by atoms with van der Waals surface area (Å²) in [5.41, 5.74) is 2.44. The smallest absolute Gasteiger partial charge is 0.146 e. The molecule has 4 nitrogen and oxygen atoms in total. The van der Waals surface area contributed by atoms with E-state index in [1.165, 1.54) is 19.3 Å². The number of nitriles is 1. The van der Waals surface area contributed by atoms with Crippen LogP contribution in [0.2, 0.25) is 0 Å². The zero-order valence-corrected chi connectivity index (χ0v) is 12.0. The fourth-order valence-corrected chi connectivity index (χ4v) is 3.07. The maximum absolute atomic E-state index is 10.5. The van der Waals surface area contributed by atoms with E-state index in [0.29, 0.717) is 11.9 Å². The minimum absolute atomic E-state index is 0.262. The van der Waals surface area contributed by atoms with Crippen LogP contribution in [0.25, 0.3) is 10.9 Å². The van der Waals surface area contributed by atoms with E-state index in [9.17, 15) is 5.11 Å².